The van der Waals surface area contributed by atoms with E-state index in [-0.39, 0.29) is 28.5 Å². The van der Waals surface area contributed by atoms with Gasteiger partial charge >= 0.3 is 12.0 Å². The van der Waals surface area contributed by atoms with Gasteiger partial charge in [0, 0.05) is 17.3 Å². The molecule has 0 aliphatic rings. The van der Waals surface area contributed by atoms with Crippen LogP contribution in [0.2, 0.25) is 0 Å². The Hall–Kier alpha value is -3.75. The Kier molecular flexibility index (Phi) is 6.05. The van der Waals surface area contributed by atoms with Crippen molar-refractivity contribution in [1.29, 1.82) is 0 Å². The Bertz CT molecular complexity index is 1330. The maximum Gasteiger partial charge on any atom is 0.358 e. The topological polar surface area (TPSA) is 205 Å². The predicted molar refractivity (Wildman–Crippen MR) is 110 cm³/mol. The minimum absolute atomic E-state index is 0.0542. The summed E-state index contributed by atoms with van der Waals surface area (Å²) >= 11 is 1.07. The Balaban J connectivity index is 1.86. The number of carbonyl (C=O) groups is 2. The minimum atomic E-state index is -4.20. The normalized spacial score (nSPS) is 11.1. The number of aromatic amines is 1. The number of H-pyrrole nitrogens is 1. The molecule has 12 nitrogen and oxygen atoms in total. The number of carboxylic acid groups (broad SMARTS) is 1. The van der Waals surface area contributed by atoms with Gasteiger partial charge in [0.25, 0.3) is 15.6 Å². The fourth-order valence-electron chi connectivity index (χ4n) is 2.49. The lowest BCUT2D eigenvalue weighted by atomic mass is 10.2. The maximum absolute atomic E-state index is 12.4. The first-order valence-corrected chi connectivity index (χ1v) is 10.8. The van der Waals surface area contributed by atoms with E-state index in [1.54, 1.807) is 6.07 Å². The van der Waals surface area contributed by atoms with E-state index in [0.717, 1.165) is 11.3 Å². The van der Waals surface area contributed by atoms with Crippen LogP contribution in [0, 0.1) is 0 Å². The first-order valence-electron chi connectivity index (χ1n) is 8.38. The van der Waals surface area contributed by atoms with Crippen LogP contribution in [0.25, 0.3) is 11.4 Å². The summed E-state index contributed by atoms with van der Waals surface area (Å²) in [6.45, 7) is 0.115. The van der Waals surface area contributed by atoms with Crippen LogP contribution in [-0.4, -0.2) is 40.6 Å². The highest BCUT2D eigenvalue weighted by atomic mass is 32.2. The molecule has 0 fully saturated rings. The molecule has 0 unspecified atom stereocenters. The molecule has 7 N–H and O–H groups in total. The number of thiophene rings is 1. The van der Waals surface area contributed by atoms with Crippen molar-refractivity contribution in [2.45, 2.75) is 11.4 Å². The number of carbonyl (C=O) groups excluding carboxylic acids is 1. The molecule has 0 atom stereocenters. The summed E-state index contributed by atoms with van der Waals surface area (Å²) in [6, 6.07) is 4.64. The lowest BCUT2D eigenvalue weighted by Gasteiger charge is -2.10. The van der Waals surface area contributed by atoms with Crippen molar-refractivity contribution in [1.82, 2.24) is 14.7 Å². The van der Waals surface area contributed by atoms with E-state index >= 15 is 0 Å². The second-order valence-electron chi connectivity index (χ2n) is 6.03. The van der Waals surface area contributed by atoms with E-state index < -0.39 is 39.0 Å². The van der Waals surface area contributed by atoms with Gasteiger partial charge in [0.15, 0.2) is 5.69 Å². The van der Waals surface area contributed by atoms with Crippen LogP contribution in [0.4, 0.5) is 10.5 Å². The third-order valence-electron chi connectivity index (χ3n) is 3.93. The number of nitrogens with one attached hydrogen (secondary N) is 3. The number of rotatable bonds is 6. The first kappa shape index (κ1) is 21.9. The highest BCUT2D eigenvalue weighted by Crippen LogP contribution is 2.29. The Morgan fingerprint density at radius 1 is 1.26 bits per heavy atom. The number of aromatic hydroxyl groups is 1. The number of amides is 2. The van der Waals surface area contributed by atoms with Crippen LogP contribution < -0.4 is 21.3 Å². The fourth-order valence-corrected chi connectivity index (χ4v) is 4.23. The molecule has 3 aromatic rings. The van der Waals surface area contributed by atoms with Crippen LogP contribution in [0.5, 0.6) is 5.75 Å². The van der Waals surface area contributed by atoms with Crippen molar-refractivity contribution >= 4 is 39.0 Å². The molecule has 14 heteroatoms. The number of carboxylic acids is 1. The summed E-state index contributed by atoms with van der Waals surface area (Å²) in [5, 5.41) is 23.8. The highest BCUT2D eigenvalue weighted by molar-refractivity contribution is 7.90. The van der Waals surface area contributed by atoms with E-state index in [0.29, 0.717) is 5.56 Å². The van der Waals surface area contributed by atoms with Crippen molar-refractivity contribution in [3.8, 4) is 17.1 Å². The monoisotopic (exact) mass is 465 g/mol. The second-order valence-corrected chi connectivity index (χ2v) is 8.45. The zero-order valence-corrected chi connectivity index (χ0v) is 17.1. The van der Waals surface area contributed by atoms with Crippen LogP contribution in [-0.2, 0) is 16.6 Å². The molecule has 0 aliphatic heterocycles. The van der Waals surface area contributed by atoms with Gasteiger partial charge in [-0.3, -0.25) is 4.79 Å². The van der Waals surface area contributed by atoms with Crippen LogP contribution in [0.3, 0.4) is 0 Å². The molecule has 0 radical (unpaired) electrons. The zero-order chi connectivity index (χ0) is 22.8. The number of aromatic carboxylic acids is 1. The number of sulfonamides is 1. The van der Waals surface area contributed by atoms with E-state index in [4.69, 9.17) is 10.8 Å². The molecule has 0 saturated heterocycles. The molecule has 1 aromatic carbocycles. The fraction of sp³-hybridized carbons (Fsp3) is 0.0588. The molecule has 2 heterocycles. The summed E-state index contributed by atoms with van der Waals surface area (Å²) in [6.07, 6.45) is 0. The van der Waals surface area contributed by atoms with E-state index in [9.17, 15) is 27.9 Å². The lowest BCUT2D eigenvalue weighted by Crippen LogP contribution is -2.34. The highest BCUT2D eigenvalue weighted by Gasteiger charge is 2.22. The summed E-state index contributed by atoms with van der Waals surface area (Å²) in [5.74, 6) is -2.93. The van der Waals surface area contributed by atoms with Crippen molar-refractivity contribution in [3.05, 3.63) is 56.6 Å². The number of aromatic nitrogens is 2. The van der Waals surface area contributed by atoms with Gasteiger partial charge in [-0.15, -0.1) is 11.3 Å². The molecule has 31 heavy (non-hydrogen) atoms. The van der Waals surface area contributed by atoms with E-state index in [2.05, 4.69) is 15.3 Å². The Morgan fingerprint density at radius 2 is 2.00 bits per heavy atom. The minimum Gasteiger partial charge on any atom is -0.501 e. The lowest BCUT2D eigenvalue weighted by molar-refractivity contribution is 0.0686. The molecular formula is C17H15N5O7S2. The number of nitrogens with zero attached hydrogens (tertiary/aromatic N) is 1. The molecule has 0 bridgehead atoms. The van der Waals surface area contributed by atoms with Crippen molar-refractivity contribution in [3.63, 3.8) is 0 Å². The van der Waals surface area contributed by atoms with Gasteiger partial charge in [-0.25, -0.2) is 27.7 Å². The molecule has 0 spiro atoms. The predicted octanol–water partition coefficient (Wildman–Crippen LogP) is 0.871. The standard InChI is InChI=1S/C17H15N5O7S2/c18-5-8-2-1-3-9(4-8)31(28,29)22-17(27)19-11-7-30-6-10(11)14-20-12(16(25)26)13(23)15(24)21-14/h1-4,6-7,23H,5,18H2,(H,25,26)(H2,19,22,27)(H,20,21,24). The molecule has 162 valence electrons. The van der Waals surface area contributed by atoms with Gasteiger partial charge in [-0.2, -0.15) is 0 Å². The largest absolute Gasteiger partial charge is 0.501 e. The van der Waals surface area contributed by atoms with Crippen LogP contribution >= 0.6 is 11.3 Å². The van der Waals surface area contributed by atoms with Crippen molar-refractivity contribution in [2.75, 3.05) is 5.32 Å². The number of benzene rings is 1. The number of nitrogens with two attached hydrogens (primary N) is 1. The number of anilines is 1. The number of hydrogen-bond donors (Lipinski definition) is 6. The van der Waals surface area contributed by atoms with Gasteiger partial charge in [-0.05, 0) is 17.7 Å². The van der Waals surface area contributed by atoms with Crippen LogP contribution in [0.1, 0.15) is 16.1 Å². The maximum atomic E-state index is 12.4. The summed E-state index contributed by atoms with van der Waals surface area (Å²) in [5.41, 5.74) is 4.26. The molecule has 3 rings (SSSR count). The van der Waals surface area contributed by atoms with Crippen molar-refractivity contribution < 1.29 is 28.2 Å². The third-order valence-corrected chi connectivity index (χ3v) is 6.01. The average molecular weight is 465 g/mol. The third kappa shape index (κ3) is 4.71. The van der Waals surface area contributed by atoms with Gasteiger partial charge in [-0.1, -0.05) is 12.1 Å². The van der Waals surface area contributed by atoms with Gasteiger partial charge in [0.1, 0.15) is 5.82 Å². The second kappa shape index (κ2) is 8.55. The molecule has 0 saturated carbocycles. The number of hydrogen-bond acceptors (Lipinski definition) is 9. The van der Waals surface area contributed by atoms with Crippen LogP contribution in [0.15, 0.2) is 44.7 Å². The van der Waals surface area contributed by atoms with Gasteiger partial charge < -0.3 is 26.2 Å². The zero-order valence-electron chi connectivity index (χ0n) is 15.4. The molecule has 0 aliphatic carbocycles. The smallest absolute Gasteiger partial charge is 0.358 e. The Labute approximate surface area is 178 Å². The quantitative estimate of drug-likeness (QED) is 0.305. The SMILES string of the molecule is NCc1cccc(S(=O)(=O)NC(=O)Nc2cscc2-c2nc(C(=O)O)c(O)c(=O)[nH]2)c1. The molecule has 2 aromatic heterocycles. The number of urea groups is 1. The van der Waals surface area contributed by atoms with E-state index in [1.807, 2.05) is 4.72 Å². The van der Waals surface area contributed by atoms with Gasteiger partial charge in [0.05, 0.1) is 16.1 Å². The van der Waals surface area contributed by atoms with Gasteiger partial charge in [0.2, 0.25) is 5.75 Å². The molecular weight excluding hydrogens is 450 g/mol. The average Bonchev–Trinajstić information content (AvgIpc) is 3.17. The van der Waals surface area contributed by atoms with Crippen molar-refractivity contribution in [2.24, 2.45) is 5.73 Å². The summed E-state index contributed by atoms with van der Waals surface area (Å²) in [4.78, 5) is 41.0. The Morgan fingerprint density at radius 3 is 2.68 bits per heavy atom. The summed E-state index contributed by atoms with van der Waals surface area (Å²) < 4.78 is 26.7. The molecule has 2 amide bonds. The summed E-state index contributed by atoms with van der Waals surface area (Å²) in [7, 11) is -4.20. The first-order chi connectivity index (χ1) is 14.6. The van der Waals surface area contributed by atoms with E-state index in [1.165, 1.54) is 29.0 Å².